The summed E-state index contributed by atoms with van der Waals surface area (Å²) >= 11 is 6.57. The van der Waals surface area contributed by atoms with Gasteiger partial charge in [0.15, 0.2) is 0 Å². The minimum absolute atomic E-state index is 0.0218. The van der Waals surface area contributed by atoms with Crippen LogP contribution in [0, 0.1) is 0 Å². The van der Waals surface area contributed by atoms with E-state index in [-0.39, 0.29) is 36.7 Å². The van der Waals surface area contributed by atoms with Crippen molar-refractivity contribution < 1.29 is 36.2 Å². The van der Waals surface area contributed by atoms with Crippen molar-refractivity contribution in [3.05, 3.63) is 171 Å². The van der Waals surface area contributed by atoms with Crippen molar-refractivity contribution >= 4 is 38.5 Å². The highest BCUT2D eigenvalue weighted by Crippen LogP contribution is 2.38. The van der Waals surface area contributed by atoms with Gasteiger partial charge in [-0.1, -0.05) is 90.5 Å². The van der Waals surface area contributed by atoms with E-state index >= 15 is 0 Å². The van der Waals surface area contributed by atoms with Gasteiger partial charge in [-0.2, -0.15) is 13.2 Å². The van der Waals surface area contributed by atoms with Gasteiger partial charge in [0.25, 0.3) is 0 Å². The third-order valence-corrected chi connectivity index (χ3v) is 10.3. The number of fused-ring (bicyclic) bond motifs is 1. The van der Waals surface area contributed by atoms with Crippen molar-refractivity contribution in [1.29, 1.82) is 0 Å². The monoisotopic (exact) mass is 746 g/mol. The summed E-state index contributed by atoms with van der Waals surface area (Å²) in [5.74, 6) is -1.17. The van der Waals surface area contributed by atoms with E-state index < -0.39 is 33.5 Å². The number of ether oxygens (including phenoxy) is 1. The smallest absolute Gasteiger partial charge is 0.416 e. The van der Waals surface area contributed by atoms with Crippen molar-refractivity contribution in [3.63, 3.8) is 0 Å². The standard InChI is InChI=1S/C40H34ClF3N2O5S/c41-32-16-19-36-35(25-32)34(21-23-51-33-17-14-30(15-18-33)39(47)48)37(46(36)38(28-9-3-1-4-10-28)29-11-5-2-6-12-29)20-22-45-52(49,50)26-27-8-7-13-31(24-27)40(42,43)44/h1-19,24-25,38,45H,20-23,26H2,(H,47,48). The minimum atomic E-state index is -4.60. The number of benzene rings is 5. The molecule has 0 amide bonds. The molecule has 0 fully saturated rings. The van der Waals surface area contributed by atoms with Crippen LogP contribution in [0.25, 0.3) is 10.9 Å². The Hall–Kier alpha value is -5.10. The van der Waals surface area contributed by atoms with E-state index in [0.29, 0.717) is 17.2 Å². The lowest BCUT2D eigenvalue weighted by Crippen LogP contribution is -2.28. The number of hydrogen-bond donors (Lipinski definition) is 2. The molecule has 0 atom stereocenters. The SMILES string of the molecule is O=C(O)c1ccc(OCCc2c(CCNS(=O)(=O)Cc3cccc(C(F)(F)F)c3)n(C(c3ccccc3)c3ccccc3)c3ccc(Cl)cc23)cc1. The minimum Gasteiger partial charge on any atom is -0.493 e. The first kappa shape index (κ1) is 36.7. The quantitative estimate of drug-likeness (QED) is 0.116. The number of rotatable bonds is 14. The first-order valence-corrected chi connectivity index (χ1v) is 18.4. The number of sulfonamides is 1. The maximum Gasteiger partial charge on any atom is 0.416 e. The highest BCUT2D eigenvalue weighted by atomic mass is 35.5. The maximum absolute atomic E-state index is 13.3. The molecule has 6 aromatic rings. The molecule has 0 unspecified atom stereocenters. The molecule has 12 heteroatoms. The van der Waals surface area contributed by atoms with Crippen LogP contribution in [0.2, 0.25) is 5.02 Å². The predicted molar refractivity (Wildman–Crippen MR) is 195 cm³/mol. The van der Waals surface area contributed by atoms with Crippen LogP contribution in [0.4, 0.5) is 13.2 Å². The number of alkyl halides is 3. The van der Waals surface area contributed by atoms with Gasteiger partial charge in [-0.15, -0.1) is 0 Å². The molecular formula is C40H34ClF3N2O5S. The third-order valence-electron chi connectivity index (χ3n) is 8.69. The van der Waals surface area contributed by atoms with E-state index in [4.69, 9.17) is 16.3 Å². The largest absolute Gasteiger partial charge is 0.493 e. The van der Waals surface area contributed by atoms with Gasteiger partial charge in [0, 0.05) is 41.0 Å². The average Bonchev–Trinajstić information content (AvgIpc) is 3.40. The van der Waals surface area contributed by atoms with Crippen LogP contribution in [0.3, 0.4) is 0 Å². The van der Waals surface area contributed by atoms with Gasteiger partial charge in [-0.25, -0.2) is 17.9 Å². The fourth-order valence-corrected chi connectivity index (χ4v) is 7.72. The van der Waals surface area contributed by atoms with Crippen LogP contribution >= 0.6 is 11.6 Å². The molecule has 0 aliphatic heterocycles. The highest BCUT2D eigenvalue weighted by Gasteiger charge is 2.31. The summed E-state index contributed by atoms with van der Waals surface area (Å²) in [5, 5.41) is 10.6. The lowest BCUT2D eigenvalue weighted by molar-refractivity contribution is -0.137. The fourth-order valence-electron chi connectivity index (χ4n) is 6.41. The average molecular weight is 747 g/mol. The Morgan fingerprint density at radius 2 is 1.48 bits per heavy atom. The van der Waals surface area contributed by atoms with E-state index in [2.05, 4.69) is 9.29 Å². The van der Waals surface area contributed by atoms with Crippen LogP contribution in [-0.2, 0) is 34.8 Å². The summed E-state index contributed by atoms with van der Waals surface area (Å²) in [6.07, 6.45) is -3.97. The van der Waals surface area contributed by atoms with Crippen LogP contribution in [-0.4, -0.2) is 37.2 Å². The molecule has 5 aromatic carbocycles. The molecule has 6 rings (SSSR count). The third kappa shape index (κ3) is 8.67. The molecular weight excluding hydrogens is 713 g/mol. The van der Waals surface area contributed by atoms with Gasteiger partial charge in [0.2, 0.25) is 10.0 Å². The van der Waals surface area contributed by atoms with Crippen LogP contribution in [0.15, 0.2) is 127 Å². The molecule has 0 spiro atoms. The Labute approximate surface area is 304 Å². The summed E-state index contributed by atoms with van der Waals surface area (Å²) in [6.45, 7) is 0.180. The first-order chi connectivity index (χ1) is 24.9. The number of carboxylic acid groups (broad SMARTS) is 1. The zero-order valence-corrected chi connectivity index (χ0v) is 29.3. The molecule has 0 bridgehead atoms. The number of hydrogen-bond acceptors (Lipinski definition) is 4. The maximum atomic E-state index is 13.3. The zero-order valence-electron chi connectivity index (χ0n) is 27.7. The second kappa shape index (κ2) is 15.6. The lowest BCUT2D eigenvalue weighted by Gasteiger charge is -2.25. The molecule has 0 aliphatic carbocycles. The number of aromatic carboxylic acids is 1. The number of carboxylic acids is 1. The van der Waals surface area contributed by atoms with E-state index in [1.807, 2.05) is 72.8 Å². The van der Waals surface area contributed by atoms with Gasteiger partial charge >= 0.3 is 12.1 Å². The normalized spacial score (nSPS) is 12.0. The number of halogens is 4. The highest BCUT2D eigenvalue weighted by molar-refractivity contribution is 7.88. The summed E-state index contributed by atoms with van der Waals surface area (Å²) in [7, 11) is -4.03. The van der Waals surface area contributed by atoms with Gasteiger partial charge in [0.1, 0.15) is 5.75 Å². The number of nitrogens with one attached hydrogen (secondary N) is 1. The Balaban J connectivity index is 1.38. The summed E-state index contributed by atoms with van der Waals surface area (Å²) in [6, 6.07) is 35.5. The van der Waals surface area contributed by atoms with E-state index in [9.17, 15) is 31.5 Å². The van der Waals surface area contributed by atoms with Gasteiger partial charge in [-0.05, 0) is 70.8 Å². The van der Waals surface area contributed by atoms with E-state index in [0.717, 1.165) is 45.4 Å². The second-order valence-corrected chi connectivity index (χ2v) is 14.5. The molecule has 52 heavy (non-hydrogen) atoms. The van der Waals surface area contributed by atoms with E-state index in [1.165, 1.54) is 24.3 Å². The molecule has 2 N–H and O–H groups in total. The van der Waals surface area contributed by atoms with Gasteiger partial charge in [0.05, 0.1) is 29.5 Å². The van der Waals surface area contributed by atoms with Crippen molar-refractivity contribution in [1.82, 2.24) is 9.29 Å². The summed E-state index contributed by atoms with van der Waals surface area (Å²) in [4.78, 5) is 11.3. The van der Waals surface area contributed by atoms with Crippen molar-refractivity contribution in [3.8, 4) is 5.75 Å². The number of carbonyl (C=O) groups is 1. The second-order valence-electron chi connectivity index (χ2n) is 12.2. The Morgan fingerprint density at radius 3 is 2.10 bits per heavy atom. The Morgan fingerprint density at radius 1 is 0.827 bits per heavy atom. The number of nitrogens with zero attached hydrogens (tertiary/aromatic N) is 1. The molecule has 0 saturated heterocycles. The Bertz CT molecular complexity index is 2240. The van der Waals surface area contributed by atoms with Crippen molar-refractivity contribution in [2.75, 3.05) is 13.2 Å². The Kier molecular flexibility index (Phi) is 11.0. The molecule has 0 radical (unpaired) electrons. The lowest BCUT2D eigenvalue weighted by atomic mass is 9.97. The molecule has 0 aliphatic rings. The number of aromatic nitrogens is 1. The molecule has 7 nitrogen and oxygen atoms in total. The van der Waals surface area contributed by atoms with Gasteiger partial charge in [-0.3, -0.25) is 0 Å². The van der Waals surface area contributed by atoms with Crippen LogP contribution < -0.4 is 9.46 Å². The molecule has 268 valence electrons. The van der Waals surface area contributed by atoms with Crippen molar-refractivity contribution in [2.24, 2.45) is 0 Å². The van der Waals surface area contributed by atoms with Crippen LogP contribution in [0.5, 0.6) is 5.75 Å². The van der Waals surface area contributed by atoms with Crippen LogP contribution in [0.1, 0.15) is 49.9 Å². The van der Waals surface area contributed by atoms with Gasteiger partial charge < -0.3 is 14.4 Å². The predicted octanol–water partition coefficient (Wildman–Crippen LogP) is 8.93. The summed E-state index contributed by atoms with van der Waals surface area (Å²) in [5.41, 5.74) is 3.80. The zero-order chi connectivity index (χ0) is 36.9. The molecule has 0 saturated carbocycles. The fraction of sp³-hybridized carbons (Fsp3) is 0.175. The topological polar surface area (TPSA) is 97.6 Å². The first-order valence-electron chi connectivity index (χ1n) is 16.4. The van der Waals surface area contributed by atoms with E-state index in [1.54, 1.807) is 18.2 Å². The summed E-state index contributed by atoms with van der Waals surface area (Å²) < 4.78 is 77.3. The molecule has 1 aromatic heterocycles. The molecule has 1 heterocycles. The van der Waals surface area contributed by atoms with Crippen molar-refractivity contribution in [2.45, 2.75) is 30.8 Å².